The molecule has 15 aromatic rings. The fourth-order valence-corrected chi connectivity index (χ4v) is 20.3. The van der Waals surface area contributed by atoms with Crippen LogP contribution in [0.5, 0.6) is 46.0 Å². The molecule has 0 unspecified atom stereocenters. The molecule has 41 nitrogen and oxygen atoms in total. The number of carbonyl (C=O) groups excluding carboxylic acids is 8. The third-order valence-electron chi connectivity index (χ3n) is 21.1. The Bertz CT molecular complexity index is 7710. The second-order valence-electron chi connectivity index (χ2n) is 29.7. The molecule has 0 radical (unpaired) electrons. The number of aliphatic hydroxyl groups is 1. The predicted octanol–water partition coefficient (Wildman–Crippen LogP) is 17.7. The second-order valence-corrected chi connectivity index (χ2v) is 35.4. The van der Waals surface area contributed by atoms with E-state index in [1.54, 1.807) is 135 Å². The van der Waals surface area contributed by atoms with Gasteiger partial charge in [-0.25, -0.2) is 44.1 Å². The maximum Gasteiger partial charge on any atom is 0.331 e. The zero-order chi connectivity index (χ0) is 93.8. The van der Waals surface area contributed by atoms with Gasteiger partial charge in [-0.3, -0.25) is 48.4 Å². The van der Waals surface area contributed by atoms with E-state index in [9.17, 15) is 64.5 Å². The lowest BCUT2D eigenvalue weighted by molar-refractivity contribution is 0.0873. The average molecular weight is 1960 g/mol. The minimum atomic E-state index is -0.881. The van der Waals surface area contributed by atoms with Gasteiger partial charge < -0.3 is 85.5 Å². The lowest BCUT2D eigenvalue weighted by atomic mass is 10.1. The number of nitrogens with zero attached hydrogens (tertiary/aromatic N) is 16. The number of nitrogens with one attached hydrogen (secondary N) is 8. The molecule has 0 spiro atoms. The molecule has 8 aliphatic heterocycles. The molecular formula is C86H50Cl4N24O17S4. The zero-order valence-electron chi connectivity index (χ0n) is 68.5. The largest absolute Gasteiger partial charge is 0.454 e. The second kappa shape index (κ2) is 34.2. The van der Waals surface area contributed by atoms with Gasteiger partial charge in [0.25, 0.3) is 23.6 Å². The molecule has 4 aromatic carbocycles. The van der Waals surface area contributed by atoms with Gasteiger partial charge in [0.15, 0.2) is 51.8 Å². The van der Waals surface area contributed by atoms with E-state index in [-0.39, 0.29) is 187 Å². The van der Waals surface area contributed by atoms with Gasteiger partial charge in [-0.1, -0.05) is 52.5 Å². The van der Waals surface area contributed by atoms with Crippen molar-refractivity contribution in [2.75, 3.05) is 90.6 Å². The summed E-state index contributed by atoms with van der Waals surface area (Å²) in [6, 6.07) is 28.7. The monoisotopic (exact) mass is 1960 g/mol. The van der Waals surface area contributed by atoms with Crippen molar-refractivity contribution in [2.24, 2.45) is 7.05 Å². The van der Waals surface area contributed by atoms with E-state index in [4.69, 9.17) is 84.3 Å². The number of hydrogen-bond donors (Lipinski definition) is 9. The van der Waals surface area contributed by atoms with Crippen LogP contribution in [0.3, 0.4) is 0 Å². The lowest BCUT2D eigenvalue weighted by Gasteiger charge is -2.30. The van der Waals surface area contributed by atoms with Crippen molar-refractivity contribution in [2.45, 2.75) is 19.4 Å². The van der Waals surface area contributed by atoms with Crippen molar-refractivity contribution in [1.29, 1.82) is 21.0 Å². The summed E-state index contributed by atoms with van der Waals surface area (Å²) in [5, 5.41) is 77.6. The van der Waals surface area contributed by atoms with Gasteiger partial charge in [0, 0.05) is 68.4 Å². The van der Waals surface area contributed by atoms with Crippen LogP contribution in [-0.4, -0.2) is 132 Å². The standard InChI is InChI=1S/2C22H11ClN6O4S.C21H12ClN7O4S.C21H16ClN5O5S/c23-12-1-2-13-18(33-9-32-13)17(12)29-16-10(7-24)8-26-21-14(16)15(28-22(29)31)19(34-21)20(30)27-11-3-5-25-6-4-11;23-11-4-5-12-18(33-9-32-12)17(11)29-16-10(7-24)8-26-21-14(16)15(28-22(29)31)19(34-21)20(30)27-13-3-1-2-6-25-13;1-28-5-4-12(27-28)25-19(30)18-14-13-15(9(6-23)7-24-20(13)34-18)29(21(31)26-14)16-10(22)2-3-11-17(16)33-8-32-11;1-21(2,7-28)26-18(29)17-13-12-14(9(5-23)6-24-19(12)33-17)27(20(30)25-13)15-10(22)3-4-11-16(15)32-8-31-11/h2*1-6,8H,9H2,(H,28,31)(H,25,27,30);2-5,7H,8H2,1H3,(H,26,31)(H,25,27,30);3-4,6,28H,7-8H2,1-2H3,(H,25,30)(H,26,29). The first kappa shape index (κ1) is 86.3. The van der Waals surface area contributed by atoms with Crippen molar-refractivity contribution in [1.82, 2.24) is 45.0 Å². The summed E-state index contributed by atoms with van der Waals surface area (Å²) in [7, 11) is 1.73. The van der Waals surface area contributed by atoms with Gasteiger partial charge in [0.2, 0.25) is 27.2 Å². The van der Waals surface area contributed by atoms with Crippen LogP contribution < -0.4 is 100 Å². The van der Waals surface area contributed by atoms with Crippen LogP contribution in [0.2, 0.25) is 20.1 Å². The third kappa shape index (κ3) is 14.8. The van der Waals surface area contributed by atoms with Crippen molar-refractivity contribution < 1.29 is 81.4 Å². The topological polar surface area (TPSA) is 530 Å². The van der Waals surface area contributed by atoms with Gasteiger partial charge in [0.05, 0.1) is 122 Å². The average Bonchev–Trinajstić information content (AvgIpc) is 1.62. The Morgan fingerprint density at radius 3 is 1.05 bits per heavy atom. The minimum absolute atomic E-state index is 0.0297. The molecule has 0 bridgehead atoms. The maximum absolute atomic E-state index is 13.4. The van der Waals surface area contributed by atoms with Crippen molar-refractivity contribution in [3.63, 3.8) is 0 Å². The van der Waals surface area contributed by atoms with Gasteiger partial charge >= 0.3 is 24.1 Å². The molecule has 0 saturated heterocycles. The highest BCUT2D eigenvalue weighted by Gasteiger charge is 2.45. The number of anilines is 15. The summed E-state index contributed by atoms with van der Waals surface area (Å²) in [6.45, 7) is 2.93. The molecule has 49 heteroatoms. The Kier molecular flexibility index (Phi) is 21.9. The number of amides is 12. The molecule has 11 aromatic heterocycles. The summed E-state index contributed by atoms with van der Waals surface area (Å²) in [5.74, 6) is 1.65. The molecule has 19 heterocycles. The van der Waals surface area contributed by atoms with Crippen LogP contribution in [0.15, 0.2) is 135 Å². The number of thiophene rings is 4. The van der Waals surface area contributed by atoms with E-state index in [2.05, 4.69) is 102 Å². The highest BCUT2D eigenvalue weighted by Crippen LogP contribution is 2.60. The summed E-state index contributed by atoms with van der Waals surface area (Å²) >= 11 is 30.3. The third-order valence-corrected chi connectivity index (χ3v) is 26.7. The Labute approximate surface area is 791 Å². The first-order chi connectivity index (χ1) is 65.3. The normalized spacial score (nSPS) is 13.7. The van der Waals surface area contributed by atoms with Crippen LogP contribution in [-0.2, 0) is 7.05 Å². The fourth-order valence-electron chi connectivity index (χ4n) is 15.3. The molecule has 668 valence electrons. The number of urea groups is 4. The number of aliphatic hydroxyl groups excluding tert-OH is 1. The Morgan fingerprint density at radius 2 is 0.748 bits per heavy atom. The molecule has 0 atom stereocenters. The first-order valence-corrected chi connectivity index (χ1v) is 44.0. The van der Waals surface area contributed by atoms with Gasteiger partial charge in [-0.05, 0) is 86.6 Å². The lowest BCUT2D eigenvalue weighted by Crippen LogP contribution is -2.46. The van der Waals surface area contributed by atoms with E-state index < -0.39 is 53.3 Å². The summed E-state index contributed by atoms with van der Waals surface area (Å²) < 4.78 is 45.6. The summed E-state index contributed by atoms with van der Waals surface area (Å²) in [4.78, 5) is 139. The SMILES string of the molecule is CC(C)(CO)NC(=O)c1sc2ncc(C#N)c3c2c1NC(=O)N3c1c(Cl)ccc2c1OCO2.Cn1ccc(NC(=O)c2sc3ncc(C#N)c4c3c2NC(=O)N4c2c(Cl)ccc3c2OCO3)n1.N#Cc1cnc2sc(C(=O)Nc3ccccn3)c3c2c1N(c1c(Cl)ccc2c1OCO2)C(=O)N3.N#Cc1cnc2sc(C(=O)Nc3ccncc3)c3c2c1N(c1c(Cl)ccc2c1OCO2)C(=O)N3. The van der Waals surface area contributed by atoms with Crippen LogP contribution in [0, 0.1) is 45.3 Å². The smallest absolute Gasteiger partial charge is 0.331 e. The predicted molar refractivity (Wildman–Crippen MR) is 496 cm³/mol. The molecule has 9 N–H and O–H groups in total. The highest BCUT2D eigenvalue weighted by molar-refractivity contribution is 7.23. The number of benzene rings is 4. The fraction of sp³-hybridized carbons (Fsp3) is 0.105. The van der Waals surface area contributed by atoms with Gasteiger partial charge in [-0.2, -0.15) is 26.1 Å². The number of pyridine rings is 6. The quantitative estimate of drug-likeness (QED) is 0.0517. The summed E-state index contributed by atoms with van der Waals surface area (Å²) in [6.07, 6.45) is 11.8. The molecule has 12 amide bonds. The number of ether oxygens (including phenoxy) is 8. The molecule has 0 fully saturated rings. The Balaban J connectivity index is 0.000000112. The Morgan fingerprint density at radius 1 is 0.422 bits per heavy atom. The number of hydrogen-bond acceptors (Lipinski definition) is 32. The number of aromatic nitrogens is 8. The van der Waals surface area contributed by atoms with E-state index in [0.717, 1.165) is 45.3 Å². The number of nitriles is 4. The van der Waals surface area contributed by atoms with E-state index in [1.165, 1.54) is 44.4 Å². The molecule has 135 heavy (non-hydrogen) atoms. The Hall–Kier alpha value is -16.7. The minimum Gasteiger partial charge on any atom is -0.454 e. The van der Waals surface area contributed by atoms with Crippen LogP contribution >= 0.6 is 91.8 Å². The van der Waals surface area contributed by atoms with Crippen LogP contribution in [0.25, 0.3) is 40.9 Å². The number of aryl methyl sites for hydroxylation is 1. The molecule has 0 aliphatic carbocycles. The highest BCUT2D eigenvalue weighted by atomic mass is 35.5. The van der Waals surface area contributed by atoms with Gasteiger partial charge in [-0.15, -0.1) is 45.3 Å². The van der Waals surface area contributed by atoms with Crippen molar-refractivity contribution in [3.05, 3.63) is 196 Å². The van der Waals surface area contributed by atoms with Crippen molar-refractivity contribution >= 4 is 266 Å². The van der Waals surface area contributed by atoms with E-state index in [0.29, 0.717) is 81.2 Å². The van der Waals surface area contributed by atoms with Gasteiger partial charge in [0.1, 0.15) is 91.7 Å². The van der Waals surface area contributed by atoms with Crippen LogP contribution in [0.1, 0.15) is 74.8 Å². The van der Waals surface area contributed by atoms with Crippen molar-refractivity contribution in [3.8, 4) is 70.3 Å². The number of rotatable bonds is 13. The van der Waals surface area contributed by atoms with Crippen LogP contribution in [0.4, 0.5) is 105 Å². The zero-order valence-corrected chi connectivity index (χ0v) is 74.8. The van der Waals surface area contributed by atoms with E-state index in [1.807, 2.05) is 0 Å². The molecule has 0 saturated carbocycles. The number of carbonyl (C=O) groups is 8. The number of halogens is 4. The first-order valence-electron chi connectivity index (χ1n) is 39.2. The molecule has 8 aliphatic rings. The van der Waals surface area contributed by atoms with E-state index >= 15 is 0 Å². The summed E-state index contributed by atoms with van der Waals surface area (Å²) in [5.41, 5.74) is 3.13. The maximum atomic E-state index is 13.4. The number of fused-ring (bicyclic) bond motifs is 4. The molecular weight excluding hydrogens is 1910 g/mol. The molecule has 23 rings (SSSR count).